The van der Waals surface area contributed by atoms with Crippen molar-refractivity contribution in [2.45, 2.75) is 64.4 Å². The van der Waals surface area contributed by atoms with Gasteiger partial charge in [0.05, 0.1) is 5.60 Å². The molecule has 0 bridgehead atoms. The minimum atomic E-state index is -0.602. The van der Waals surface area contributed by atoms with Crippen LogP contribution in [0.5, 0.6) is 0 Å². The first-order valence-corrected chi connectivity index (χ1v) is 6.75. The van der Waals surface area contributed by atoms with Gasteiger partial charge in [-0.2, -0.15) is 0 Å². The number of hydrogen-bond donors (Lipinski definition) is 4. The molecule has 0 saturated heterocycles. The zero-order chi connectivity index (χ0) is 13.9. The monoisotopic (exact) mass is 260 g/mol. The van der Waals surface area contributed by atoms with E-state index in [4.69, 9.17) is 4.74 Å². The topological polar surface area (TPSA) is 102 Å². The van der Waals surface area contributed by atoms with Gasteiger partial charge in [0.15, 0.2) is 0 Å². The van der Waals surface area contributed by atoms with Crippen LogP contribution in [0, 0.1) is 0 Å². The van der Waals surface area contributed by atoms with Crippen molar-refractivity contribution in [3.63, 3.8) is 0 Å². The van der Waals surface area contributed by atoms with E-state index in [-0.39, 0.29) is 5.60 Å². The third-order valence-electron chi connectivity index (χ3n) is 3.18. The van der Waals surface area contributed by atoms with Crippen LogP contribution in [0.4, 0.5) is 4.79 Å². The van der Waals surface area contributed by atoms with E-state index in [2.05, 4.69) is 25.5 Å². The summed E-state index contributed by atoms with van der Waals surface area (Å²) >= 11 is 0. The van der Waals surface area contributed by atoms with Crippen LogP contribution in [0.25, 0.3) is 0 Å². The second kappa shape index (κ2) is 10.1. The second-order valence-corrected chi connectivity index (χ2v) is 4.54. The predicted octanol–water partition coefficient (Wildman–Crippen LogP) is 1.56. The summed E-state index contributed by atoms with van der Waals surface area (Å²) in [5.74, 6) is 9.08. The standard InChI is InChI=1S/C11H22O.CH6N4O/c1-3-8-11(12-4-2)9-6-5-7-10-11;2-4-1(6)5-3/h3-10H2,1-2H3;2-3H2,(H2,4,5,6). The van der Waals surface area contributed by atoms with E-state index in [1.165, 1.54) is 44.9 Å². The van der Waals surface area contributed by atoms with Gasteiger partial charge in [-0.3, -0.25) is 10.9 Å². The van der Waals surface area contributed by atoms with Gasteiger partial charge in [-0.1, -0.05) is 32.6 Å². The van der Waals surface area contributed by atoms with Crippen LogP contribution in [-0.2, 0) is 4.74 Å². The number of nitrogens with two attached hydrogens (primary N) is 2. The molecule has 108 valence electrons. The molecule has 0 aromatic rings. The Morgan fingerprint density at radius 2 is 1.72 bits per heavy atom. The first kappa shape index (κ1) is 17.2. The molecular formula is C12H28N4O2. The van der Waals surface area contributed by atoms with Crippen molar-refractivity contribution >= 4 is 6.03 Å². The fourth-order valence-electron chi connectivity index (χ4n) is 2.47. The summed E-state index contributed by atoms with van der Waals surface area (Å²) in [6.07, 6.45) is 9.29. The molecule has 1 aliphatic carbocycles. The summed E-state index contributed by atoms with van der Waals surface area (Å²) in [6.45, 7) is 5.27. The second-order valence-electron chi connectivity index (χ2n) is 4.54. The first-order chi connectivity index (χ1) is 8.64. The average molecular weight is 260 g/mol. The van der Waals surface area contributed by atoms with E-state index < -0.39 is 6.03 Å². The molecular weight excluding hydrogens is 232 g/mol. The Morgan fingerprint density at radius 3 is 2.06 bits per heavy atom. The molecule has 0 aliphatic heterocycles. The highest BCUT2D eigenvalue weighted by Gasteiger charge is 2.31. The average Bonchev–Trinajstić information content (AvgIpc) is 2.40. The van der Waals surface area contributed by atoms with Crippen molar-refractivity contribution < 1.29 is 9.53 Å². The fraction of sp³-hybridized carbons (Fsp3) is 0.917. The summed E-state index contributed by atoms with van der Waals surface area (Å²) in [5.41, 5.74) is 3.76. The Bertz CT molecular complexity index is 197. The first-order valence-electron chi connectivity index (χ1n) is 6.75. The number of carbonyl (C=O) groups is 1. The third-order valence-corrected chi connectivity index (χ3v) is 3.18. The lowest BCUT2D eigenvalue weighted by molar-refractivity contribution is -0.0705. The van der Waals surface area contributed by atoms with Crippen molar-refractivity contribution in [1.29, 1.82) is 0 Å². The molecule has 0 unspecified atom stereocenters. The van der Waals surface area contributed by atoms with Crippen molar-refractivity contribution in [1.82, 2.24) is 10.9 Å². The maximum Gasteiger partial charge on any atom is 0.343 e. The zero-order valence-electron chi connectivity index (χ0n) is 11.6. The van der Waals surface area contributed by atoms with Gasteiger partial charge in [0, 0.05) is 6.61 Å². The normalized spacial score (nSPS) is 17.3. The molecule has 0 aromatic heterocycles. The fourth-order valence-corrected chi connectivity index (χ4v) is 2.47. The lowest BCUT2D eigenvalue weighted by atomic mass is 9.81. The Hall–Kier alpha value is -0.850. The summed E-state index contributed by atoms with van der Waals surface area (Å²) in [6, 6.07) is -0.602. The van der Waals surface area contributed by atoms with E-state index >= 15 is 0 Å². The largest absolute Gasteiger partial charge is 0.375 e. The lowest BCUT2D eigenvalue weighted by Gasteiger charge is -2.37. The number of nitrogens with one attached hydrogen (secondary N) is 2. The molecule has 18 heavy (non-hydrogen) atoms. The molecule has 6 nitrogen and oxygen atoms in total. The van der Waals surface area contributed by atoms with Crippen molar-refractivity contribution in [2.24, 2.45) is 11.7 Å². The van der Waals surface area contributed by atoms with Crippen LogP contribution in [0.2, 0.25) is 0 Å². The van der Waals surface area contributed by atoms with Crippen molar-refractivity contribution in [3.05, 3.63) is 0 Å². The summed E-state index contributed by atoms with van der Waals surface area (Å²) in [4.78, 5) is 9.71. The van der Waals surface area contributed by atoms with Crippen LogP contribution in [0.3, 0.4) is 0 Å². The summed E-state index contributed by atoms with van der Waals surface area (Å²) < 4.78 is 5.91. The van der Waals surface area contributed by atoms with Gasteiger partial charge >= 0.3 is 6.03 Å². The Morgan fingerprint density at radius 1 is 1.17 bits per heavy atom. The quantitative estimate of drug-likeness (QED) is 0.350. The smallest absolute Gasteiger partial charge is 0.343 e. The van der Waals surface area contributed by atoms with Crippen LogP contribution in [0.1, 0.15) is 58.8 Å². The van der Waals surface area contributed by atoms with Crippen molar-refractivity contribution in [2.75, 3.05) is 6.61 Å². The van der Waals surface area contributed by atoms with Gasteiger partial charge in [0.25, 0.3) is 0 Å². The van der Waals surface area contributed by atoms with Gasteiger partial charge in [0.1, 0.15) is 0 Å². The van der Waals surface area contributed by atoms with E-state index in [9.17, 15) is 4.79 Å². The Balaban J connectivity index is 0.000000411. The van der Waals surface area contributed by atoms with Gasteiger partial charge in [-0.05, 0) is 26.2 Å². The molecule has 6 heteroatoms. The van der Waals surface area contributed by atoms with Crippen molar-refractivity contribution in [3.8, 4) is 0 Å². The molecule has 6 N–H and O–H groups in total. The Kier molecular flexibility index (Phi) is 9.63. The van der Waals surface area contributed by atoms with Gasteiger partial charge < -0.3 is 4.74 Å². The van der Waals surface area contributed by atoms with E-state index in [0.29, 0.717) is 0 Å². The van der Waals surface area contributed by atoms with Crippen LogP contribution >= 0.6 is 0 Å². The zero-order valence-corrected chi connectivity index (χ0v) is 11.6. The summed E-state index contributed by atoms with van der Waals surface area (Å²) in [5, 5.41) is 0. The molecule has 0 radical (unpaired) electrons. The van der Waals surface area contributed by atoms with E-state index in [1.807, 2.05) is 0 Å². The molecule has 1 fully saturated rings. The van der Waals surface area contributed by atoms with Crippen LogP contribution in [0.15, 0.2) is 0 Å². The number of ether oxygens (including phenoxy) is 1. The number of rotatable bonds is 4. The molecule has 0 atom stereocenters. The predicted molar refractivity (Wildman–Crippen MR) is 72.4 cm³/mol. The molecule has 0 heterocycles. The van der Waals surface area contributed by atoms with Gasteiger partial charge in [0.2, 0.25) is 0 Å². The van der Waals surface area contributed by atoms with E-state index in [1.54, 1.807) is 10.9 Å². The minimum Gasteiger partial charge on any atom is -0.375 e. The maximum absolute atomic E-state index is 9.71. The highest BCUT2D eigenvalue weighted by molar-refractivity contribution is 5.72. The highest BCUT2D eigenvalue weighted by Crippen LogP contribution is 2.35. The highest BCUT2D eigenvalue weighted by atomic mass is 16.5. The number of hydrogen-bond acceptors (Lipinski definition) is 4. The number of amides is 2. The molecule has 2 amide bonds. The third kappa shape index (κ3) is 6.78. The Labute approximate surface area is 110 Å². The SMILES string of the molecule is CCCC1(OCC)CCCCC1.NNC(=O)NN. The molecule has 1 aliphatic rings. The van der Waals surface area contributed by atoms with Gasteiger partial charge in [-0.15, -0.1) is 0 Å². The van der Waals surface area contributed by atoms with E-state index in [0.717, 1.165) is 6.61 Å². The lowest BCUT2D eigenvalue weighted by Crippen LogP contribution is -2.43. The van der Waals surface area contributed by atoms with Gasteiger partial charge in [-0.25, -0.2) is 16.5 Å². The minimum absolute atomic E-state index is 0.280. The van der Waals surface area contributed by atoms with Crippen LogP contribution in [-0.4, -0.2) is 18.2 Å². The van der Waals surface area contributed by atoms with Crippen LogP contribution < -0.4 is 22.5 Å². The molecule has 0 spiro atoms. The maximum atomic E-state index is 9.71. The number of urea groups is 1. The molecule has 0 aromatic carbocycles. The summed E-state index contributed by atoms with van der Waals surface area (Å²) in [7, 11) is 0. The molecule has 1 saturated carbocycles. The number of carbonyl (C=O) groups excluding carboxylic acids is 1. The number of hydrazine groups is 2. The molecule has 1 rings (SSSR count).